The molecular formula is C7H7N5. The maximum Gasteiger partial charge on any atom is 0.226 e. The van der Waals surface area contributed by atoms with Crippen molar-refractivity contribution in [2.75, 3.05) is 5.73 Å². The molecule has 60 valence electrons. The van der Waals surface area contributed by atoms with Gasteiger partial charge in [-0.3, -0.25) is 9.55 Å². The fourth-order valence-corrected chi connectivity index (χ4v) is 0.939. The van der Waals surface area contributed by atoms with Gasteiger partial charge in [0.2, 0.25) is 5.95 Å². The monoisotopic (exact) mass is 161 g/mol. The predicted molar refractivity (Wildman–Crippen MR) is 43.6 cm³/mol. The molecule has 0 aliphatic rings. The second-order valence-electron chi connectivity index (χ2n) is 2.27. The molecule has 0 fully saturated rings. The molecule has 0 bridgehead atoms. The zero-order valence-electron chi connectivity index (χ0n) is 6.25. The molecule has 0 saturated heterocycles. The maximum absolute atomic E-state index is 5.53. The number of nitrogens with two attached hydrogens (primary N) is 1. The van der Waals surface area contributed by atoms with Crippen molar-refractivity contribution in [3.8, 4) is 5.69 Å². The zero-order valence-corrected chi connectivity index (χ0v) is 6.25. The van der Waals surface area contributed by atoms with E-state index in [2.05, 4.69) is 15.2 Å². The van der Waals surface area contributed by atoms with Gasteiger partial charge in [-0.25, -0.2) is 0 Å². The summed E-state index contributed by atoms with van der Waals surface area (Å²) < 4.78 is 1.66. The average molecular weight is 161 g/mol. The van der Waals surface area contributed by atoms with Gasteiger partial charge in [0.05, 0.1) is 11.9 Å². The molecule has 0 amide bonds. The van der Waals surface area contributed by atoms with Gasteiger partial charge in [0, 0.05) is 6.20 Å². The summed E-state index contributed by atoms with van der Waals surface area (Å²) in [6, 6.07) is 3.71. The van der Waals surface area contributed by atoms with Crippen LogP contribution in [0.2, 0.25) is 0 Å². The topological polar surface area (TPSA) is 69.6 Å². The Kier molecular flexibility index (Phi) is 1.48. The van der Waals surface area contributed by atoms with E-state index in [0.29, 0.717) is 5.95 Å². The van der Waals surface area contributed by atoms with Crippen LogP contribution in [0.1, 0.15) is 0 Å². The van der Waals surface area contributed by atoms with E-state index in [1.807, 2.05) is 12.1 Å². The van der Waals surface area contributed by atoms with Gasteiger partial charge in [0.1, 0.15) is 6.33 Å². The molecule has 12 heavy (non-hydrogen) atoms. The largest absolute Gasteiger partial charge is 0.368 e. The number of pyridine rings is 1. The Bertz CT molecular complexity index is 366. The fourth-order valence-electron chi connectivity index (χ4n) is 0.939. The van der Waals surface area contributed by atoms with Crippen molar-refractivity contribution >= 4 is 5.95 Å². The fraction of sp³-hybridized carbons (Fsp3) is 0. The first-order valence-electron chi connectivity index (χ1n) is 3.44. The predicted octanol–water partition coefficient (Wildman–Crippen LogP) is 0.244. The third-order valence-corrected chi connectivity index (χ3v) is 1.50. The summed E-state index contributed by atoms with van der Waals surface area (Å²) in [5.74, 6) is 0.364. The Hall–Kier alpha value is -1.91. The Morgan fingerprint density at radius 1 is 1.42 bits per heavy atom. The van der Waals surface area contributed by atoms with Crippen molar-refractivity contribution in [1.29, 1.82) is 0 Å². The number of aromatic nitrogens is 4. The van der Waals surface area contributed by atoms with Crippen molar-refractivity contribution in [2.24, 2.45) is 0 Å². The lowest BCUT2D eigenvalue weighted by molar-refractivity contribution is 1.05. The van der Waals surface area contributed by atoms with Crippen LogP contribution in [0.15, 0.2) is 30.9 Å². The molecule has 0 aliphatic carbocycles. The molecule has 0 saturated carbocycles. The van der Waals surface area contributed by atoms with Crippen molar-refractivity contribution in [3.05, 3.63) is 30.9 Å². The quantitative estimate of drug-likeness (QED) is 0.650. The normalized spacial score (nSPS) is 10.0. The van der Waals surface area contributed by atoms with Crippen LogP contribution in [0.25, 0.3) is 5.69 Å². The van der Waals surface area contributed by atoms with Crippen LogP contribution in [-0.4, -0.2) is 19.7 Å². The first-order chi connectivity index (χ1) is 5.88. The number of hydrogen-bond donors (Lipinski definition) is 1. The third-order valence-electron chi connectivity index (χ3n) is 1.50. The van der Waals surface area contributed by atoms with Crippen LogP contribution >= 0.6 is 0 Å². The van der Waals surface area contributed by atoms with Gasteiger partial charge in [-0.1, -0.05) is 0 Å². The Morgan fingerprint density at radius 2 is 2.33 bits per heavy atom. The molecule has 0 spiro atoms. The van der Waals surface area contributed by atoms with Crippen LogP contribution in [0.4, 0.5) is 5.95 Å². The molecule has 0 aromatic carbocycles. The summed E-state index contributed by atoms with van der Waals surface area (Å²) >= 11 is 0. The van der Waals surface area contributed by atoms with E-state index in [-0.39, 0.29) is 0 Å². The van der Waals surface area contributed by atoms with Crippen molar-refractivity contribution < 1.29 is 0 Å². The Balaban J connectivity index is 2.51. The molecule has 2 aromatic rings. The molecular weight excluding hydrogens is 154 g/mol. The summed E-state index contributed by atoms with van der Waals surface area (Å²) in [7, 11) is 0. The van der Waals surface area contributed by atoms with Gasteiger partial charge >= 0.3 is 0 Å². The SMILES string of the molecule is Nc1nncn1-c1cccnc1. The molecule has 2 aromatic heterocycles. The summed E-state index contributed by atoms with van der Waals surface area (Å²) in [6.07, 6.45) is 4.94. The molecule has 0 radical (unpaired) electrons. The van der Waals surface area contributed by atoms with Crippen molar-refractivity contribution in [1.82, 2.24) is 19.7 Å². The Morgan fingerprint density at radius 3 is 2.92 bits per heavy atom. The minimum Gasteiger partial charge on any atom is -0.368 e. The third kappa shape index (κ3) is 1.01. The van der Waals surface area contributed by atoms with Gasteiger partial charge in [0.25, 0.3) is 0 Å². The van der Waals surface area contributed by atoms with E-state index in [0.717, 1.165) is 5.69 Å². The second kappa shape index (κ2) is 2.61. The molecule has 5 heteroatoms. The number of hydrogen-bond acceptors (Lipinski definition) is 4. The highest BCUT2D eigenvalue weighted by molar-refractivity contribution is 5.34. The second-order valence-corrected chi connectivity index (χ2v) is 2.27. The lowest BCUT2D eigenvalue weighted by Gasteiger charge is -2.00. The highest BCUT2D eigenvalue weighted by atomic mass is 15.3. The first-order valence-corrected chi connectivity index (χ1v) is 3.44. The smallest absolute Gasteiger partial charge is 0.226 e. The van der Waals surface area contributed by atoms with E-state index in [9.17, 15) is 0 Å². The lowest BCUT2D eigenvalue weighted by Crippen LogP contribution is -1.99. The van der Waals surface area contributed by atoms with Crippen molar-refractivity contribution in [3.63, 3.8) is 0 Å². The van der Waals surface area contributed by atoms with Crippen LogP contribution in [0, 0.1) is 0 Å². The van der Waals surface area contributed by atoms with Crippen LogP contribution in [-0.2, 0) is 0 Å². The standard InChI is InChI=1S/C7H7N5/c8-7-11-10-5-12(7)6-2-1-3-9-4-6/h1-5H,(H2,8,11). The molecule has 0 aliphatic heterocycles. The minimum absolute atomic E-state index is 0.364. The van der Waals surface area contributed by atoms with Gasteiger partial charge in [-0.05, 0) is 12.1 Å². The van der Waals surface area contributed by atoms with Crippen molar-refractivity contribution in [2.45, 2.75) is 0 Å². The molecule has 2 heterocycles. The summed E-state index contributed by atoms with van der Waals surface area (Å²) in [5, 5.41) is 7.31. The lowest BCUT2D eigenvalue weighted by atomic mass is 10.4. The van der Waals surface area contributed by atoms with Gasteiger partial charge < -0.3 is 5.73 Å². The van der Waals surface area contributed by atoms with E-state index >= 15 is 0 Å². The summed E-state index contributed by atoms with van der Waals surface area (Å²) in [4.78, 5) is 3.95. The van der Waals surface area contributed by atoms with Gasteiger partial charge in [-0.15, -0.1) is 10.2 Å². The van der Waals surface area contributed by atoms with E-state index in [4.69, 9.17) is 5.73 Å². The molecule has 2 rings (SSSR count). The first kappa shape index (κ1) is 6.78. The summed E-state index contributed by atoms with van der Waals surface area (Å²) in [6.45, 7) is 0. The van der Waals surface area contributed by atoms with E-state index in [1.165, 1.54) is 0 Å². The summed E-state index contributed by atoms with van der Waals surface area (Å²) in [5.41, 5.74) is 6.40. The number of nitrogens with zero attached hydrogens (tertiary/aromatic N) is 4. The molecule has 2 N–H and O–H groups in total. The zero-order chi connectivity index (χ0) is 8.39. The number of rotatable bonds is 1. The average Bonchev–Trinajstić information content (AvgIpc) is 2.53. The van der Waals surface area contributed by atoms with E-state index < -0.39 is 0 Å². The van der Waals surface area contributed by atoms with Crippen LogP contribution in [0.3, 0.4) is 0 Å². The van der Waals surface area contributed by atoms with Crippen LogP contribution in [0.5, 0.6) is 0 Å². The highest BCUT2D eigenvalue weighted by Gasteiger charge is 1.99. The number of anilines is 1. The van der Waals surface area contributed by atoms with Crippen LogP contribution < -0.4 is 5.73 Å². The van der Waals surface area contributed by atoms with E-state index in [1.54, 1.807) is 23.3 Å². The minimum atomic E-state index is 0.364. The maximum atomic E-state index is 5.53. The van der Waals surface area contributed by atoms with Gasteiger partial charge in [-0.2, -0.15) is 0 Å². The van der Waals surface area contributed by atoms with Gasteiger partial charge in [0.15, 0.2) is 0 Å². The molecule has 5 nitrogen and oxygen atoms in total. The Labute approximate surface area is 68.9 Å². The molecule has 0 unspecified atom stereocenters. The highest BCUT2D eigenvalue weighted by Crippen LogP contribution is 2.07. The number of nitrogen functional groups attached to an aromatic ring is 1. The molecule has 0 atom stereocenters.